The molecule has 82 heavy (non-hydrogen) atoms. The van der Waals surface area contributed by atoms with Gasteiger partial charge in [0.05, 0.1) is 41.1 Å². The third-order valence-corrected chi connectivity index (χ3v) is 14.4. The molecule has 0 amide bonds. The number of esters is 2. The van der Waals surface area contributed by atoms with E-state index in [2.05, 4.69) is 117 Å². The first-order chi connectivity index (χ1) is 38.2. The number of alkyl halides is 1. The molecule has 16 nitrogen and oxygen atoms in total. The SMILES string of the molecule is CC(C)c1nccc(Cl)c1CBr.CC(C)c1nccc(Cl)c1CO.CCOC(=O)c1c(Cl)ccnc1Br.CCOC(=O)c1c(Cl)ccnc1C(C)C.Cc1cc(=O)[nH]c(=S)[nH]1.Cc1cc(=O)[nH]c(SCc2c(Cl)ccnc2C(C)C)n1.Cl. The zero-order valence-electron chi connectivity index (χ0n) is 47.2. The maximum atomic E-state index is 11.6. The predicted octanol–water partition coefficient (Wildman–Crippen LogP) is 16.5. The fourth-order valence-electron chi connectivity index (χ4n) is 6.82. The normalized spacial score (nSPS) is 10.3. The van der Waals surface area contributed by atoms with Gasteiger partial charge in [-0.2, -0.15) is 0 Å². The van der Waals surface area contributed by atoms with Crippen LogP contribution in [0.2, 0.25) is 25.1 Å². The second kappa shape index (κ2) is 39.3. The summed E-state index contributed by atoms with van der Waals surface area (Å²) in [7, 11) is 0. The maximum absolute atomic E-state index is 11.6. The van der Waals surface area contributed by atoms with Gasteiger partial charge in [-0.25, -0.2) is 19.6 Å². The number of H-pyrrole nitrogens is 3. The standard InChI is InChI=1S/C14H16ClN3OS.C11H14ClNO2.C9H11BrClN.C9H12ClNO.C8H7BrClNO2.C5H6N2OS.ClH/c1-8(2)13-10(11(15)4-5-16-13)7-20-14-17-9(3)6-12(19)18-14;1-4-15-11(14)9-8(12)5-6-13-10(9)7(2)3;1-6(2)9-7(5-10)8(11)3-4-12-9;1-6(2)9-7(5-12)8(10)3-4-11-9;1-2-13-8(12)6-5(10)3-4-11-7(6)9;1-3-2-4(8)7-5(9)6-3;/h4-6,8H,7H2,1-3H3,(H,17,18,19);5-7H,4H2,1-3H3;3-4,6H,5H2,1-2H3;3-4,6,12H,5H2,1-2H3;3-4H,2H2,1H3;2H,1H3,(H2,6,7,8,9);1H. The number of aryl methyl sites for hydroxylation is 2. The Bertz CT molecular complexity index is 3230. The van der Waals surface area contributed by atoms with Gasteiger partial charge in [-0.15, -0.1) is 12.4 Å². The number of nitrogens with one attached hydrogen (secondary N) is 3. The smallest absolute Gasteiger partial charge is 0.342 e. The van der Waals surface area contributed by atoms with Crippen LogP contribution in [-0.4, -0.2) is 75.1 Å². The van der Waals surface area contributed by atoms with Gasteiger partial charge in [-0.1, -0.05) is 141 Å². The van der Waals surface area contributed by atoms with Crippen LogP contribution >= 0.6 is 126 Å². The van der Waals surface area contributed by atoms with E-state index in [4.69, 9.17) is 72.6 Å². The largest absolute Gasteiger partial charge is 0.462 e. The number of aliphatic hydroxyl groups is 1. The van der Waals surface area contributed by atoms with E-state index in [1.165, 1.54) is 30.1 Å². The number of carbonyl (C=O) groups excluding carboxylic acids is 2. The summed E-state index contributed by atoms with van der Waals surface area (Å²) in [6.45, 7) is 24.1. The molecular formula is C56H67Br2Cl6N9O7S2. The van der Waals surface area contributed by atoms with Crippen LogP contribution < -0.4 is 11.1 Å². The van der Waals surface area contributed by atoms with E-state index in [9.17, 15) is 19.2 Å². The molecule has 0 aliphatic rings. The Hall–Kier alpha value is -4.32. The number of thioether (sulfide) groups is 1. The van der Waals surface area contributed by atoms with E-state index in [0.29, 0.717) is 88.3 Å². The van der Waals surface area contributed by atoms with Crippen molar-refractivity contribution in [2.24, 2.45) is 0 Å². The lowest BCUT2D eigenvalue weighted by atomic mass is 10.0. The van der Waals surface area contributed by atoms with Gasteiger partial charge in [0.25, 0.3) is 11.1 Å². The Labute approximate surface area is 536 Å². The highest BCUT2D eigenvalue weighted by molar-refractivity contribution is 9.10. The average Bonchev–Trinajstić information content (AvgIpc) is 3.38. The molecule has 0 fully saturated rings. The molecule has 26 heteroatoms. The fourth-order valence-corrected chi connectivity index (χ4v) is 10.6. The van der Waals surface area contributed by atoms with E-state index < -0.39 is 11.9 Å². The minimum atomic E-state index is -0.465. The first kappa shape index (κ1) is 75.7. The van der Waals surface area contributed by atoms with Crippen LogP contribution in [0.15, 0.2) is 92.8 Å². The average molecular weight is 1410 g/mol. The molecule has 0 saturated heterocycles. The van der Waals surface area contributed by atoms with E-state index >= 15 is 0 Å². The van der Waals surface area contributed by atoms with Crippen LogP contribution in [0, 0.1) is 18.6 Å². The molecular weight excluding hydrogens is 1350 g/mol. The second-order valence-corrected chi connectivity index (χ2v) is 22.8. The van der Waals surface area contributed by atoms with Gasteiger partial charge in [0.2, 0.25) is 0 Å². The van der Waals surface area contributed by atoms with Crippen molar-refractivity contribution in [3.8, 4) is 0 Å². The molecule has 4 N–H and O–H groups in total. The van der Waals surface area contributed by atoms with Gasteiger partial charge in [-0.05, 0) is 110 Å². The van der Waals surface area contributed by atoms with E-state index in [0.717, 1.165) is 49.8 Å². The number of nitrogens with zero attached hydrogens (tertiary/aromatic N) is 6. The number of aliphatic hydroxyl groups excluding tert-OH is 1. The summed E-state index contributed by atoms with van der Waals surface area (Å²) in [5.74, 6) is 0.929. The summed E-state index contributed by atoms with van der Waals surface area (Å²) in [6.07, 6.45) is 8.24. The lowest BCUT2D eigenvalue weighted by molar-refractivity contribution is 0.0515. The molecule has 7 rings (SSSR count). The Morgan fingerprint density at radius 1 is 0.610 bits per heavy atom. The Kier molecular flexibility index (Phi) is 36.3. The van der Waals surface area contributed by atoms with Crippen LogP contribution in [0.1, 0.15) is 164 Å². The summed E-state index contributed by atoms with van der Waals surface area (Å²) < 4.78 is 10.5. The first-order valence-electron chi connectivity index (χ1n) is 25.1. The third-order valence-electron chi connectivity index (χ3n) is 10.4. The van der Waals surface area contributed by atoms with Crippen LogP contribution in [0.5, 0.6) is 0 Å². The first-order valence-corrected chi connectivity index (χ1v) is 30.3. The number of hydrogen-bond acceptors (Lipinski definition) is 15. The minimum absolute atomic E-state index is 0. The highest BCUT2D eigenvalue weighted by atomic mass is 79.9. The van der Waals surface area contributed by atoms with E-state index in [-0.39, 0.29) is 41.6 Å². The van der Waals surface area contributed by atoms with Crippen molar-refractivity contribution >= 4 is 138 Å². The summed E-state index contributed by atoms with van der Waals surface area (Å²) >= 11 is 42.5. The molecule has 0 unspecified atom stereocenters. The summed E-state index contributed by atoms with van der Waals surface area (Å²) in [6, 6.07) is 11.4. The summed E-state index contributed by atoms with van der Waals surface area (Å²) in [4.78, 5) is 78.0. The van der Waals surface area contributed by atoms with E-state index in [1.54, 1.807) is 76.7 Å². The van der Waals surface area contributed by atoms with Crippen molar-refractivity contribution in [1.82, 2.24) is 44.9 Å². The molecule has 0 aromatic carbocycles. The van der Waals surface area contributed by atoms with Gasteiger partial charge in [0.1, 0.15) is 10.2 Å². The van der Waals surface area contributed by atoms with Gasteiger partial charge >= 0.3 is 11.9 Å². The van der Waals surface area contributed by atoms with E-state index in [1.807, 2.05) is 33.8 Å². The Morgan fingerprint density at radius 3 is 1.41 bits per heavy atom. The van der Waals surface area contributed by atoms with Gasteiger partial charge in [-0.3, -0.25) is 34.5 Å². The molecule has 0 saturated carbocycles. The zero-order valence-corrected chi connectivity index (χ0v) is 56.6. The van der Waals surface area contributed by atoms with Crippen LogP contribution in [-0.2, 0) is 27.2 Å². The van der Waals surface area contributed by atoms with Crippen molar-refractivity contribution in [2.45, 2.75) is 130 Å². The third kappa shape index (κ3) is 25.5. The van der Waals surface area contributed by atoms with Gasteiger partial charge < -0.3 is 24.5 Å². The number of aromatic nitrogens is 9. The second-order valence-electron chi connectivity index (χ2n) is 18.1. The molecule has 0 aliphatic carbocycles. The Morgan fingerprint density at radius 2 is 1.01 bits per heavy atom. The highest BCUT2D eigenvalue weighted by Crippen LogP contribution is 2.31. The minimum Gasteiger partial charge on any atom is -0.462 e. The molecule has 7 heterocycles. The zero-order chi connectivity index (χ0) is 61.1. The number of carbonyl (C=O) groups is 2. The van der Waals surface area contributed by atoms with Crippen molar-refractivity contribution in [3.05, 3.63) is 191 Å². The number of hydrogen-bond donors (Lipinski definition) is 4. The van der Waals surface area contributed by atoms with Crippen LogP contribution in [0.4, 0.5) is 0 Å². The lowest BCUT2D eigenvalue weighted by Crippen LogP contribution is -2.11. The maximum Gasteiger partial charge on any atom is 0.342 e. The summed E-state index contributed by atoms with van der Waals surface area (Å²) in [5, 5.41) is 13.2. The quantitative estimate of drug-likeness (QED) is 0.0210. The molecule has 0 bridgehead atoms. The van der Waals surface area contributed by atoms with Gasteiger partial charge in [0.15, 0.2) is 9.93 Å². The molecule has 0 atom stereocenters. The van der Waals surface area contributed by atoms with Crippen LogP contribution in [0.3, 0.4) is 0 Å². The highest BCUT2D eigenvalue weighted by Gasteiger charge is 2.20. The van der Waals surface area contributed by atoms with Crippen LogP contribution in [0.25, 0.3) is 0 Å². The predicted molar refractivity (Wildman–Crippen MR) is 344 cm³/mol. The number of halogens is 8. The number of pyridine rings is 5. The van der Waals surface area contributed by atoms with Crippen molar-refractivity contribution in [3.63, 3.8) is 0 Å². The molecule has 0 radical (unpaired) electrons. The monoisotopic (exact) mass is 1410 g/mol. The fraction of sp³-hybridized carbons (Fsp3) is 0.375. The molecule has 446 valence electrons. The Balaban J connectivity index is 0.000000499. The number of aromatic amines is 3. The van der Waals surface area contributed by atoms with Crippen molar-refractivity contribution in [2.75, 3.05) is 13.2 Å². The number of ether oxygens (including phenoxy) is 2. The van der Waals surface area contributed by atoms with Crippen molar-refractivity contribution in [1.29, 1.82) is 0 Å². The topological polar surface area (TPSA) is 232 Å². The molecule has 0 aliphatic heterocycles. The van der Waals surface area contributed by atoms with Crippen molar-refractivity contribution < 1.29 is 24.2 Å². The van der Waals surface area contributed by atoms with Gasteiger partial charge in [0, 0.05) is 114 Å². The summed E-state index contributed by atoms with van der Waals surface area (Å²) in [5.41, 5.74) is 8.33. The molecule has 7 aromatic heterocycles. The molecule has 7 aromatic rings. The molecule has 0 spiro atoms. The number of rotatable bonds is 13. The lowest BCUT2D eigenvalue weighted by Gasteiger charge is -2.12.